The Bertz CT molecular complexity index is 900. The van der Waals surface area contributed by atoms with E-state index < -0.39 is 0 Å². The van der Waals surface area contributed by atoms with Crippen LogP contribution < -0.4 is 0 Å². The van der Waals surface area contributed by atoms with Gasteiger partial charge in [-0.1, -0.05) is 18.2 Å². The predicted octanol–water partition coefficient (Wildman–Crippen LogP) is 3.51. The largest absolute Gasteiger partial charge is 0.265 e. The van der Waals surface area contributed by atoms with Crippen molar-refractivity contribution in [2.45, 2.75) is 6.54 Å². The van der Waals surface area contributed by atoms with Crippen LogP contribution in [0, 0.1) is 0 Å². The van der Waals surface area contributed by atoms with Crippen LogP contribution >= 0.6 is 11.3 Å². The molecular weight excluding hydrogens is 306 g/mol. The minimum absolute atomic E-state index is 0.696. The van der Waals surface area contributed by atoms with Crippen molar-refractivity contribution >= 4 is 11.3 Å². The number of nitrogens with zero attached hydrogens (tertiary/aromatic N) is 5. The predicted molar refractivity (Wildman–Crippen MR) is 89.9 cm³/mol. The standard InChI is InChI=1S/C17H13N5S/c1-2-13(10-14(3-1)16-11-18-5-6-19-16)15-4-8-22(21-15)12-17-20-7-9-23-17/h1-11H,12H2. The molecule has 4 aromatic rings. The molecule has 3 heterocycles. The number of rotatable bonds is 4. The highest BCUT2D eigenvalue weighted by Gasteiger charge is 2.06. The van der Waals surface area contributed by atoms with Crippen LogP contribution in [0.2, 0.25) is 0 Å². The van der Waals surface area contributed by atoms with Gasteiger partial charge < -0.3 is 0 Å². The number of hydrogen-bond acceptors (Lipinski definition) is 5. The second-order valence-corrected chi connectivity index (χ2v) is 5.97. The average Bonchev–Trinajstić information content (AvgIpc) is 3.28. The van der Waals surface area contributed by atoms with Crippen LogP contribution in [-0.4, -0.2) is 24.7 Å². The number of hydrogen-bond donors (Lipinski definition) is 0. The Morgan fingerprint density at radius 2 is 1.87 bits per heavy atom. The molecule has 0 N–H and O–H groups in total. The van der Waals surface area contributed by atoms with Crippen LogP contribution in [-0.2, 0) is 6.54 Å². The molecular formula is C17H13N5S. The maximum absolute atomic E-state index is 4.64. The zero-order valence-corrected chi connectivity index (χ0v) is 13.0. The molecule has 0 spiro atoms. The van der Waals surface area contributed by atoms with Gasteiger partial charge in [-0.25, -0.2) is 4.98 Å². The second kappa shape index (κ2) is 6.10. The van der Waals surface area contributed by atoms with Gasteiger partial charge in [-0.05, 0) is 12.1 Å². The summed E-state index contributed by atoms with van der Waals surface area (Å²) in [6.45, 7) is 0.696. The molecule has 0 atom stereocenters. The van der Waals surface area contributed by atoms with E-state index in [4.69, 9.17) is 0 Å². The highest BCUT2D eigenvalue weighted by Crippen LogP contribution is 2.23. The fraction of sp³-hybridized carbons (Fsp3) is 0.0588. The van der Waals surface area contributed by atoms with E-state index in [0.29, 0.717) is 6.54 Å². The molecule has 0 radical (unpaired) electrons. The van der Waals surface area contributed by atoms with Gasteiger partial charge in [0.05, 0.1) is 24.1 Å². The van der Waals surface area contributed by atoms with Gasteiger partial charge in [0.15, 0.2) is 0 Å². The zero-order chi connectivity index (χ0) is 15.5. The smallest absolute Gasteiger partial charge is 0.114 e. The number of aromatic nitrogens is 5. The van der Waals surface area contributed by atoms with Crippen LogP contribution in [0.4, 0.5) is 0 Å². The first-order valence-corrected chi connectivity index (χ1v) is 8.05. The summed E-state index contributed by atoms with van der Waals surface area (Å²) in [5.74, 6) is 0. The lowest BCUT2D eigenvalue weighted by Crippen LogP contribution is -1.99. The van der Waals surface area contributed by atoms with Gasteiger partial charge in [-0.3, -0.25) is 14.6 Å². The molecule has 0 bridgehead atoms. The summed E-state index contributed by atoms with van der Waals surface area (Å²) in [6, 6.07) is 10.2. The molecule has 3 aromatic heterocycles. The molecule has 0 aliphatic rings. The summed E-state index contributed by atoms with van der Waals surface area (Å²) in [5.41, 5.74) is 3.89. The molecule has 0 amide bonds. The van der Waals surface area contributed by atoms with Gasteiger partial charge in [0.1, 0.15) is 5.01 Å². The Kier molecular flexibility index (Phi) is 3.65. The molecule has 0 fully saturated rings. The van der Waals surface area contributed by atoms with E-state index in [1.165, 1.54) is 0 Å². The van der Waals surface area contributed by atoms with Crippen molar-refractivity contribution in [2.75, 3.05) is 0 Å². The van der Waals surface area contributed by atoms with Crippen molar-refractivity contribution in [2.24, 2.45) is 0 Å². The average molecular weight is 319 g/mol. The monoisotopic (exact) mass is 319 g/mol. The SMILES string of the molecule is c1cc(-c2cnccn2)cc(-c2ccn(Cc3nccs3)n2)c1. The molecule has 5 nitrogen and oxygen atoms in total. The Labute approximate surface area is 137 Å². The molecule has 0 saturated carbocycles. The second-order valence-electron chi connectivity index (χ2n) is 5.00. The van der Waals surface area contributed by atoms with Crippen LogP contribution in [0.5, 0.6) is 0 Å². The minimum Gasteiger partial charge on any atom is -0.265 e. The summed E-state index contributed by atoms with van der Waals surface area (Å²) >= 11 is 1.64. The summed E-state index contributed by atoms with van der Waals surface area (Å²) in [4.78, 5) is 12.8. The van der Waals surface area contributed by atoms with Crippen molar-refractivity contribution in [1.29, 1.82) is 0 Å². The van der Waals surface area contributed by atoms with E-state index in [2.05, 4.69) is 32.2 Å². The Hall–Kier alpha value is -2.86. The molecule has 0 aliphatic heterocycles. The topological polar surface area (TPSA) is 56.5 Å². The van der Waals surface area contributed by atoms with Crippen molar-refractivity contribution in [3.05, 3.63) is 71.7 Å². The highest BCUT2D eigenvalue weighted by molar-refractivity contribution is 7.09. The van der Waals surface area contributed by atoms with Crippen LogP contribution in [0.15, 0.2) is 66.7 Å². The maximum Gasteiger partial charge on any atom is 0.114 e. The van der Waals surface area contributed by atoms with Crippen LogP contribution in [0.3, 0.4) is 0 Å². The van der Waals surface area contributed by atoms with Crippen LogP contribution in [0.1, 0.15) is 5.01 Å². The summed E-state index contributed by atoms with van der Waals surface area (Å²) < 4.78 is 1.91. The van der Waals surface area contributed by atoms with E-state index in [1.807, 2.05) is 40.7 Å². The highest BCUT2D eigenvalue weighted by atomic mass is 32.1. The fourth-order valence-corrected chi connectivity index (χ4v) is 2.97. The summed E-state index contributed by atoms with van der Waals surface area (Å²) in [7, 11) is 0. The lowest BCUT2D eigenvalue weighted by atomic mass is 10.1. The molecule has 0 unspecified atom stereocenters. The summed E-state index contributed by atoms with van der Waals surface area (Å²) in [6.07, 6.45) is 8.93. The fourth-order valence-electron chi connectivity index (χ4n) is 2.36. The minimum atomic E-state index is 0.696. The van der Waals surface area contributed by atoms with Gasteiger partial charge in [0.2, 0.25) is 0 Å². The Morgan fingerprint density at radius 1 is 0.957 bits per heavy atom. The van der Waals surface area contributed by atoms with Gasteiger partial charge in [0, 0.05) is 41.3 Å². The molecule has 1 aromatic carbocycles. The van der Waals surface area contributed by atoms with E-state index in [9.17, 15) is 0 Å². The van der Waals surface area contributed by atoms with E-state index >= 15 is 0 Å². The van der Waals surface area contributed by atoms with E-state index in [0.717, 1.165) is 27.5 Å². The summed E-state index contributed by atoms with van der Waals surface area (Å²) in [5, 5.41) is 7.66. The van der Waals surface area contributed by atoms with Gasteiger partial charge in [-0.15, -0.1) is 11.3 Å². The van der Waals surface area contributed by atoms with E-state index in [1.54, 1.807) is 29.9 Å². The normalized spacial score (nSPS) is 10.8. The van der Waals surface area contributed by atoms with E-state index in [-0.39, 0.29) is 0 Å². The molecule has 6 heteroatoms. The maximum atomic E-state index is 4.64. The lowest BCUT2D eigenvalue weighted by molar-refractivity contribution is 0.686. The van der Waals surface area contributed by atoms with Gasteiger partial charge in [0.25, 0.3) is 0 Å². The molecule has 112 valence electrons. The van der Waals surface area contributed by atoms with Crippen LogP contribution in [0.25, 0.3) is 22.5 Å². The molecule has 0 aliphatic carbocycles. The quantitative estimate of drug-likeness (QED) is 0.577. The molecule has 4 rings (SSSR count). The van der Waals surface area contributed by atoms with Gasteiger partial charge >= 0.3 is 0 Å². The first-order valence-electron chi connectivity index (χ1n) is 7.17. The molecule has 23 heavy (non-hydrogen) atoms. The van der Waals surface area contributed by atoms with Gasteiger partial charge in [-0.2, -0.15) is 5.10 Å². The third-order valence-corrected chi connectivity index (χ3v) is 4.20. The first kappa shape index (κ1) is 13.8. The third kappa shape index (κ3) is 3.02. The van der Waals surface area contributed by atoms with Crippen molar-refractivity contribution < 1.29 is 0 Å². The lowest BCUT2D eigenvalue weighted by Gasteiger charge is -2.03. The number of thiazole rings is 1. The van der Waals surface area contributed by atoms with Crippen molar-refractivity contribution in [1.82, 2.24) is 24.7 Å². The molecule has 0 saturated heterocycles. The zero-order valence-electron chi connectivity index (χ0n) is 12.2. The number of benzene rings is 1. The Balaban J connectivity index is 1.62. The van der Waals surface area contributed by atoms with Crippen molar-refractivity contribution in [3.8, 4) is 22.5 Å². The first-order chi connectivity index (χ1) is 11.4. The third-order valence-electron chi connectivity index (χ3n) is 3.44. The van der Waals surface area contributed by atoms with Crippen molar-refractivity contribution in [3.63, 3.8) is 0 Å². The Morgan fingerprint density at radius 3 is 2.65 bits per heavy atom.